The van der Waals surface area contributed by atoms with Crippen molar-refractivity contribution in [1.82, 2.24) is 14.6 Å². The van der Waals surface area contributed by atoms with Crippen molar-refractivity contribution in [2.24, 2.45) is 16.6 Å². The van der Waals surface area contributed by atoms with Crippen LogP contribution in [0.3, 0.4) is 0 Å². The molecule has 9 heteroatoms. The van der Waals surface area contributed by atoms with Crippen LogP contribution >= 0.6 is 24.0 Å². The summed E-state index contributed by atoms with van der Waals surface area (Å²) in [6.07, 6.45) is 5.18. The summed E-state index contributed by atoms with van der Waals surface area (Å²) in [6, 6.07) is 3.09. The van der Waals surface area contributed by atoms with Gasteiger partial charge >= 0.3 is 0 Å². The summed E-state index contributed by atoms with van der Waals surface area (Å²) >= 11 is 0. The van der Waals surface area contributed by atoms with Crippen molar-refractivity contribution in [3.63, 3.8) is 0 Å². The van der Waals surface area contributed by atoms with Gasteiger partial charge in [0, 0.05) is 32.0 Å². The average Bonchev–Trinajstić information content (AvgIpc) is 2.52. The molecule has 1 unspecified atom stereocenters. The third-order valence-corrected chi connectivity index (χ3v) is 5.05. The van der Waals surface area contributed by atoms with Gasteiger partial charge in [-0.05, 0) is 30.9 Å². The molecule has 0 spiro atoms. The molecule has 1 aromatic rings. The van der Waals surface area contributed by atoms with Crippen LogP contribution in [-0.2, 0) is 10.0 Å². The maximum absolute atomic E-state index is 12.0. The number of halogens is 1. The monoisotopic (exact) mass is 453 g/mol. The summed E-state index contributed by atoms with van der Waals surface area (Å²) in [6.45, 7) is 4.55. The van der Waals surface area contributed by atoms with Gasteiger partial charge in [0.2, 0.25) is 10.0 Å². The lowest BCUT2D eigenvalue weighted by Crippen LogP contribution is -2.43. The minimum absolute atomic E-state index is 0. The summed E-state index contributed by atoms with van der Waals surface area (Å²) in [5.74, 6) is 1.11. The van der Waals surface area contributed by atoms with Crippen LogP contribution < -0.4 is 10.5 Å². The van der Waals surface area contributed by atoms with Gasteiger partial charge in [-0.3, -0.25) is 9.98 Å². The van der Waals surface area contributed by atoms with Gasteiger partial charge in [-0.15, -0.1) is 24.0 Å². The van der Waals surface area contributed by atoms with Crippen molar-refractivity contribution >= 4 is 40.0 Å². The number of guanidine groups is 1. The Labute approximate surface area is 154 Å². The zero-order valence-corrected chi connectivity index (χ0v) is 16.3. The topological polar surface area (TPSA) is 101 Å². The van der Waals surface area contributed by atoms with Crippen LogP contribution in [0.5, 0.6) is 0 Å². The van der Waals surface area contributed by atoms with E-state index in [1.54, 1.807) is 6.07 Å². The number of nitrogens with one attached hydrogen (secondary N) is 1. The van der Waals surface area contributed by atoms with E-state index < -0.39 is 10.0 Å². The molecule has 0 aliphatic carbocycles. The van der Waals surface area contributed by atoms with E-state index in [4.69, 9.17) is 5.73 Å². The van der Waals surface area contributed by atoms with Crippen LogP contribution in [0.25, 0.3) is 0 Å². The summed E-state index contributed by atoms with van der Waals surface area (Å²) in [5.41, 5.74) is 5.96. The van der Waals surface area contributed by atoms with Crippen molar-refractivity contribution in [3.8, 4) is 0 Å². The zero-order chi connectivity index (χ0) is 16.0. The standard InChI is InChI=1S/C14H23N5O2S.HI/c1-12-4-3-9-19(11-12)14(15)17-7-8-18-22(20,21)13-5-2-6-16-10-13;/h2,5-6,10,12,18H,3-4,7-9,11H2,1H3,(H2,15,17);1H. The number of rotatable bonds is 5. The van der Waals surface area contributed by atoms with E-state index in [-0.39, 0.29) is 35.4 Å². The molecule has 1 saturated heterocycles. The molecule has 7 nitrogen and oxygen atoms in total. The zero-order valence-electron chi connectivity index (χ0n) is 13.2. The maximum atomic E-state index is 12.0. The molecular formula is C14H24IN5O2S. The van der Waals surface area contributed by atoms with Crippen LogP contribution in [0.1, 0.15) is 19.8 Å². The molecule has 0 saturated carbocycles. The number of sulfonamides is 1. The van der Waals surface area contributed by atoms with Gasteiger partial charge in [-0.1, -0.05) is 6.92 Å². The second-order valence-corrected chi connectivity index (χ2v) is 7.29. The third-order valence-electron chi connectivity index (χ3n) is 3.60. The molecule has 1 aliphatic heterocycles. The van der Waals surface area contributed by atoms with Crippen LogP contribution in [0.2, 0.25) is 0 Å². The molecule has 2 heterocycles. The number of hydrogen-bond acceptors (Lipinski definition) is 4. The fourth-order valence-corrected chi connectivity index (χ4v) is 3.42. The average molecular weight is 453 g/mol. The summed E-state index contributed by atoms with van der Waals surface area (Å²) in [4.78, 5) is 10.3. The van der Waals surface area contributed by atoms with Crippen molar-refractivity contribution in [2.45, 2.75) is 24.7 Å². The van der Waals surface area contributed by atoms with E-state index >= 15 is 0 Å². The molecule has 1 aromatic heterocycles. The highest BCUT2D eigenvalue weighted by molar-refractivity contribution is 14.0. The second-order valence-electron chi connectivity index (χ2n) is 5.52. The Morgan fingerprint density at radius 2 is 2.35 bits per heavy atom. The van der Waals surface area contributed by atoms with E-state index in [1.165, 1.54) is 24.9 Å². The quantitative estimate of drug-likeness (QED) is 0.300. The molecule has 1 atom stereocenters. The molecular weight excluding hydrogens is 429 g/mol. The maximum Gasteiger partial charge on any atom is 0.242 e. The van der Waals surface area contributed by atoms with Gasteiger partial charge < -0.3 is 10.6 Å². The van der Waals surface area contributed by atoms with E-state index in [0.29, 0.717) is 18.4 Å². The van der Waals surface area contributed by atoms with E-state index in [0.717, 1.165) is 19.5 Å². The highest BCUT2D eigenvalue weighted by Crippen LogP contribution is 2.14. The SMILES string of the molecule is CC1CCCN(C(N)=NCCNS(=O)(=O)c2cccnc2)C1.I. The Hall–Kier alpha value is -0.940. The Morgan fingerprint density at radius 1 is 1.57 bits per heavy atom. The van der Waals surface area contributed by atoms with E-state index in [1.807, 2.05) is 0 Å². The predicted molar refractivity (Wildman–Crippen MR) is 101 cm³/mol. The van der Waals surface area contributed by atoms with Crippen LogP contribution in [0.15, 0.2) is 34.4 Å². The first-order valence-corrected chi connectivity index (χ1v) is 8.92. The van der Waals surface area contributed by atoms with Crippen molar-refractivity contribution in [2.75, 3.05) is 26.2 Å². The minimum Gasteiger partial charge on any atom is -0.370 e. The molecule has 23 heavy (non-hydrogen) atoms. The van der Waals surface area contributed by atoms with Gasteiger partial charge in [0.05, 0.1) is 6.54 Å². The van der Waals surface area contributed by atoms with E-state index in [9.17, 15) is 8.42 Å². The Morgan fingerprint density at radius 3 is 3.00 bits per heavy atom. The molecule has 0 aromatic carbocycles. The predicted octanol–water partition coefficient (Wildman–Crippen LogP) is 1.02. The van der Waals surface area contributed by atoms with Gasteiger partial charge in [0.25, 0.3) is 0 Å². The van der Waals surface area contributed by atoms with Gasteiger partial charge in [0.1, 0.15) is 4.90 Å². The minimum atomic E-state index is -3.53. The van der Waals surface area contributed by atoms with Gasteiger partial charge in [-0.25, -0.2) is 13.1 Å². The molecule has 130 valence electrons. The van der Waals surface area contributed by atoms with Gasteiger partial charge in [-0.2, -0.15) is 0 Å². The van der Waals surface area contributed by atoms with Gasteiger partial charge in [0.15, 0.2) is 5.96 Å². The Kier molecular flexibility index (Phi) is 8.20. The number of hydrogen-bond donors (Lipinski definition) is 2. The fourth-order valence-electron chi connectivity index (χ4n) is 2.44. The molecule has 0 radical (unpaired) electrons. The largest absolute Gasteiger partial charge is 0.370 e. The molecule has 0 amide bonds. The van der Waals surface area contributed by atoms with Crippen LogP contribution in [0.4, 0.5) is 0 Å². The number of piperidine rings is 1. The van der Waals surface area contributed by atoms with E-state index in [2.05, 4.69) is 26.5 Å². The van der Waals surface area contributed by atoms with Crippen LogP contribution in [-0.4, -0.2) is 50.4 Å². The third kappa shape index (κ3) is 6.22. The van der Waals surface area contributed by atoms with Crippen molar-refractivity contribution in [1.29, 1.82) is 0 Å². The number of likely N-dealkylation sites (tertiary alicyclic amines) is 1. The Balaban J connectivity index is 0.00000264. The van der Waals surface area contributed by atoms with Crippen LogP contribution in [0, 0.1) is 5.92 Å². The first-order valence-electron chi connectivity index (χ1n) is 7.43. The first kappa shape index (κ1) is 20.1. The molecule has 1 aliphatic rings. The number of aliphatic imine (C=N–C) groups is 1. The second kappa shape index (κ2) is 9.38. The lowest BCUT2D eigenvalue weighted by molar-refractivity contribution is 0.270. The smallest absolute Gasteiger partial charge is 0.242 e. The summed E-state index contributed by atoms with van der Waals surface area (Å²) < 4.78 is 26.5. The Bertz CT molecular complexity index is 609. The lowest BCUT2D eigenvalue weighted by Gasteiger charge is -2.31. The number of nitrogens with two attached hydrogens (primary N) is 1. The number of aromatic nitrogens is 1. The first-order chi connectivity index (χ1) is 10.5. The molecule has 2 rings (SSSR count). The summed E-state index contributed by atoms with van der Waals surface area (Å²) in [7, 11) is -3.53. The van der Waals surface area contributed by atoms with Crippen molar-refractivity contribution in [3.05, 3.63) is 24.5 Å². The highest BCUT2D eigenvalue weighted by atomic mass is 127. The van der Waals surface area contributed by atoms with Crippen molar-refractivity contribution < 1.29 is 8.42 Å². The normalized spacial score (nSPS) is 19.3. The number of nitrogens with zero attached hydrogens (tertiary/aromatic N) is 3. The fraction of sp³-hybridized carbons (Fsp3) is 0.571. The lowest BCUT2D eigenvalue weighted by atomic mass is 10.0. The molecule has 3 N–H and O–H groups in total. The molecule has 0 bridgehead atoms. The molecule has 1 fully saturated rings. The highest BCUT2D eigenvalue weighted by Gasteiger charge is 2.17. The number of pyridine rings is 1. The summed E-state index contributed by atoms with van der Waals surface area (Å²) in [5, 5.41) is 0.